The van der Waals surface area contributed by atoms with Crippen LogP contribution < -0.4 is 0 Å². The van der Waals surface area contributed by atoms with Crippen LogP contribution in [-0.2, 0) is 14.8 Å². The number of benzene rings is 2. The molecule has 2 bridgehead atoms. The molecule has 1 amide bonds. The normalized spacial score (nSPS) is 27.7. The van der Waals surface area contributed by atoms with Crippen LogP contribution in [0.1, 0.15) is 72.4 Å². The predicted octanol–water partition coefficient (Wildman–Crippen LogP) is 6.17. The van der Waals surface area contributed by atoms with Crippen molar-refractivity contribution in [3.8, 4) is 0 Å². The number of esters is 1. The van der Waals surface area contributed by atoms with Crippen molar-refractivity contribution in [3.05, 3.63) is 68.7 Å². The van der Waals surface area contributed by atoms with Crippen LogP contribution in [-0.4, -0.2) is 36.4 Å². The number of carbonyl (C=O) groups excluding carboxylic acids is 2. The Bertz CT molecular complexity index is 1430. The summed E-state index contributed by atoms with van der Waals surface area (Å²) in [5.74, 6) is -3.68. The number of ether oxygens (including phenoxy) is 1. The molecule has 0 N–H and O–H groups in total. The molecule has 1 heterocycles. The molecule has 11 heteroatoms. The number of carbonyl (C=O) groups is 2. The monoisotopic (exact) mass is 571 g/mol. The average molecular weight is 572 g/mol. The Labute approximate surface area is 223 Å². The lowest BCUT2D eigenvalue weighted by molar-refractivity contribution is 0.0319. The molecule has 1 saturated heterocycles. The molecule has 0 unspecified atom stereocenters. The molecule has 5 rings (SSSR count). The van der Waals surface area contributed by atoms with E-state index >= 15 is 0 Å². The van der Waals surface area contributed by atoms with Crippen molar-refractivity contribution in [2.24, 2.45) is 16.7 Å². The minimum atomic E-state index is -3.99. The molecule has 1 spiro atoms. The third-order valence-corrected chi connectivity index (χ3v) is 11.4. The van der Waals surface area contributed by atoms with E-state index in [9.17, 15) is 26.8 Å². The first-order valence-corrected chi connectivity index (χ1v) is 14.3. The quantitative estimate of drug-likeness (QED) is 0.410. The van der Waals surface area contributed by atoms with Gasteiger partial charge in [-0.2, -0.15) is 0 Å². The van der Waals surface area contributed by atoms with Gasteiger partial charge in [-0.1, -0.05) is 43.1 Å². The van der Waals surface area contributed by atoms with Crippen LogP contribution in [0.4, 0.5) is 8.78 Å². The Balaban J connectivity index is 1.53. The molecule has 4 atom stereocenters. The standard InChI is InChI=1S/C26H25Cl2F2NO5S/c1-13(22-19(29)5-4-6-20(22)30)36-24(33)16-11-18(28)17(27)10-15(16)23(32)31-21-9-14-7-8-26(21,25(14,2)3)12-37(31,34)35/h4-6,10-11,13-14,21H,7-9,12H2,1-3H3/t13-,14+,21+,26+/m0/s1. The van der Waals surface area contributed by atoms with E-state index < -0.39 is 56.7 Å². The van der Waals surface area contributed by atoms with Gasteiger partial charge < -0.3 is 4.74 Å². The van der Waals surface area contributed by atoms with E-state index in [1.165, 1.54) is 13.0 Å². The second-order valence-corrected chi connectivity index (χ2v) is 13.4. The number of hydrogen-bond acceptors (Lipinski definition) is 5. The Morgan fingerprint density at radius 3 is 2.30 bits per heavy atom. The maximum Gasteiger partial charge on any atom is 0.339 e. The Kier molecular flexibility index (Phi) is 6.16. The van der Waals surface area contributed by atoms with Crippen LogP contribution in [0.3, 0.4) is 0 Å². The van der Waals surface area contributed by atoms with Crippen LogP contribution in [0.5, 0.6) is 0 Å². The van der Waals surface area contributed by atoms with E-state index in [0.717, 1.165) is 35.0 Å². The second kappa shape index (κ2) is 8.64. The molecule has 6 nitrogen and oxygen atoms in total. The largest absolute Gasteiger partial charge is 0.454 e. The summed E-state index contributed by atoms with van der Waals surface area (Å²) in [6.45, 7) is 5.39. The van der Waals surface area contributed by atoms with Gasteiger partial charge in [0.15, 0.2) is 0 Å². The average Bonchev–Trinajstić information content (AvgIpc) is 3.28. The Hall–Kier alpha value is -2.23. The number of hydrogen-bond donors (Lipinski definition) is 0. The van der Waals surface area contributed by atoms with Crippen molar-refractivity contribution in [1.29, 1.82) is 0 Å². The molecule has 2 aliphatic carbocycles. The van der Waals surface area contributed by atoms with Crippen molar-refractivity contribution in [1.82, 2.24) is 4.31 Å². The molecular weight excluding hydrogens is 547 g/mol. The highest BCUT2D eigenvalue weighted by atomic mass is 35.5. The number of halogens is 4. The van der Waals surface area contributed by atoms with E-state index in [2.05, 4.69) is 13.8 Å². The van der Waals surface area contributed by atoms with E-state index in [4.69, 9.17) is 27.9 Å². The highest BCUT2D eigenvalue weighted by Gasteiger charge is 2.72. The highest BCUT2D eigenvalue weighted by Crippen LogP contribution is 2.70. The fraction of sp³-hybridized carbons (Fsp3) is 0.462. The second-order valence-electron chi connectivity index (χ2n) is 10.7. The van der Waals surface area contributed by atoms with E-state index in [1.807, 2.05) is 0 Å². The molecule has 1 aliphatic heterocycles. The van der Waals surface area contributed by atoms with E-state index in [0.29, 0.717) is 12.8 Å². The first kappa shape index (κ1) is 26.4. The minimum Gasteiger partial charge on any atom is -0.454 e. The maximum atomic E-state index is 14.2. The lowest BCUT2D eigenvalue weighted by Gasteiger charge is -2.37. The van der Waals surface area contributed by atoms with Crippen molar-refractivity contribution in [3.63, 3.8) is 0 Å². The first-order valence-electron chi connectivity index (χ1n) is 11.9. The third-order valence-electron chi connectivity index (χ3n) is 8.81. The summed E-state index contributed by atoms with van der Waals surface area (Å²) in [4.78, 5) is 27.0. The zero-order valence-electron chi connectivity index (χ0n) is 20.4. The van der Waals surface area contributed by atoms with Crippen molar-refractivity contribution >= 4 is 45.1 Å². The number of sulfonamides is 1. The molecule has 2 saturated carbocycles. The molecule has 2 aromatic carbocycles. The van der Waals surface area contributed by atoms with E-state index in [1.54, 1.807) is 0 Å². The molecule has 0 radical (unpaired) electrons. The molecule has 0 aromatic heterocycles. The summed E-state index contributed by atoms with van der Waals surface area (Å²) in [7, 11) is -3.99. The van der Waals surface area contributed by atoms with Crippen LogP contribution in [0, 0.1) is 28.4 Å². The summed E-state index contributed by atoms with van der Waals surface area (Å²) in [5.41, 5.74) is -1.95. The number of fused-ring (bicyclic) bond motifs is 1. The summed E-state index contributed by atoms with van der Waals surface area (Å²) in [6, 6.07) is 4.94. The molecular formula is C26H25Cl2F2NO5S. The van der Waals surface area contributed by atoms with Crippen molar-refractivity contribution < 1.29 is 31.5 Å². The van der Waals surface area contributed by atoms with Gasteiger partial charge in [-0.15, -0.1) is 0 Å². The lowest BCUT2D eigenvalue weighted by atomic mass is 9.69. The van der Waals surface area contributed by atoms with Crippen LogP contribution in [0.25, 0.3) is 0 Å². The lowest BCUT2D eigenvalue weighted by Crippen LogP contribution is -2.44. The molecule has 3 aliphatic rings. The SMILES string of the molecule is C[C@H](OC(=O)c1cc(Cl)c(Cl)cc1C(=O)N1[C@@H]2C[C@H]3CC[C@]2(CS1(=O)=O)C3(C)C)c1c(F)cccc1F. The van der Waals surface area contributed by atoms with Gasteiger partial charge in [-0.25, -0.2) is 26.3 Å². The van der Waals surface area contributed by atoms with Gasteiger partial charge in [-0.05, 0) is 61.8 Å². The number of amides is 1. The smallest absolute Gasteiger partial charge is 0.339 e. The predicted molar refractivity (Wildman–Crippen MR) is 134 cm³/mol. The maximum absolute atomic E-state index is 14.2. The number of nitrogens with zero attached hydrogens (tertiary/aromatic N) is 1. The summed E-state index contributed by atoms with van der Waals surface area (Å²) in [6.07, 6.45) is 0.787. The van der Waals surface area contributed by atoms with E-state index in [-0.39, 0.29) is 38.3 Å². The topological polar surface area (TPSA) is 80.8 Å². The number of rotatable bonds is 4. The zero-order chi connectivity index (χ0) is 27.1. The van der Waals surface area contributed by atoms with Crippen molar-refractivity contribution in [2.45, 2.75) is 52.2 Å². The fourth-order valence-corrected chi connectivity index (χ4v) is 9.60. The molecule has 198 valence electrons. The van der Waals surface area contributed by atoms with Gasteiger partial charge in [0.05, 0.1) is 38.5 Å². The van der Waals surface area contributed by atoms with Gasteiger partial charge >= 0.3 is 5.97 Å². The Morgan fingerprint density at radius 2 is 1.70 bits per heavy atom. The van der Waals surface area contributed by atoms with Gasteiger partial charge in [0.2, 0.25) is 10.0 Å². The minimum absolute atomic E-state index is 0.0608. The molecule has 3 fully saturated rings. The zero-order valence-corrected chi connectivity index (χ0v) is 22.7. The van der Waals surface area contributed by atoms with Gasteiger partial charge in [0, 0.05) is 5.41 Å². The van der Waals surface area contributed by atoms with Gasteiger partial charge in [0.1, 0.15) is 17.7 Å². The first-order chi connectivity index (χ1) is 17.2. The third kappa shape index (κ3) is 3.80. The van der Waals surface area contributed by atoms with Gasteiger partial charge in [-0.3, -0.25) is 4.79 Å². The summed E-state index contributed by atoms with van der Waals surface area (Å²) >= 11 is 12.3. The molecule has 2 aromatic rings. The summed E-state index contributed by atoms with van der Waals surface area (Å²) in [5, 5.41) is -0.133. The van der Waals surface area contributed by atoms with Gasteiger partial charge in [0.25, 0.3) is 5.91 Å². The fourth-order valence-electron chi connectivity index (χ4n) is 6.75. The summed E-state index contributed by atoms with van der Waals surface area (Å²) < 4.78 is 61.4. The highest BCUT2D eigenvalue weighted by molar-refractivity contribution is 7.90. The Morgan fingerprint density at radius 1 is 1.11 bits per heavy atom. The van der Waals surface area contributed by atoms with Crippen LogP contribution in [0.15, 0.2) is 30.3 Å². The van der Waals surface area contributed by atoms with Crippen LogP contribution in [0.2, 0.25) is 10.0 Å². The van der Waals surface area contributed by atoms with Crippen LogP contribution >= 0.6 is 23.2 Å². The molecule has 37 heavy (non-hydrogen) atoms. The van der Waals surface area contributed by atoms with Crippen molar-refractivity contribution in [2.75, 3.05) is 5.75 Å².